The van der Waals surface area contributed by atoms with E-state index in [0.717, 1.165) is 14.2 Å². The van der Waals surface area contributed by atoms with Crippen LogP contribution in [-0.2, 0) is 0 Å². The summed E-state index contributed by atoms with van der Waals surface area (Å²) in [6.45, 7) is 0.454. The smallest absolute Gasteiger partial charge is 0.0887 e. The van der Waals surface area contributed by atoms with Gasteiger partial charge in [0.1, 0.15) is 0 Å². The van der Waals surface area contributed by atoms with E-state index in [4.69, 9.17) is 5.73 Å². The minimum absolute atomic E-state index is 0.0125. The molecule has 0 fully saturated rings. The molecule has 0 aliphatic rings. The molecule has 5 heteroatoms. The van der Waals surface area contributed by atoms with E-state index in [2.05, 4.69) is 15.9 Å². The number of nitrogens with two attached hydrogens (primary N) is 1. The highest BCUT2D eigenvalue weighted by atomic mass is 79.9. The normalized spacial score (nSPS) is 14.9. The van der Waals surface area contributed by atoms with Crippen LogP contribution in [0.15, 0.2) is 32.7 Å². The van der Waals surface area contributed by atoms with Gasteiger partial charge in [-0.3, -0.25) is 0 Å². The first-order chi connectivity index (χ1) is 7.72. The van der Waals surface area contributed by atoms with Gasteiger partial charge >= 0.3 is 0 Å². The van der Waals surface area contributed by atoms with E-state index in [9.17, 15) is 5.11 Å². The van der Waals surface area contributed by atoms with Crippen LogP contribution in [0.5, 0.6) is 0 Å². The molecule has 0 spiro atoms. The molecule has 0 aliphatic carbocycles. The van der Waals surface area contributed by atoms with Gasteiger partial charge in [-0.25, -0.2) is 0 Å². The summed E-state index contributed by atoms with van der Waals surface area (Å²) in [4.78, 5) is 1.14. The number of hydrogen-bond acceptors (Lipinski definition) is 4. The lowest BCUT2D eigenvalue weighted by molar-refractivity contribution is 0.149. The van der Waals surface area contributed by atoms with Crippen molar-refractivity contribution in [2.24, 2.45) is 5.73 Å². The molecule has 0 saturated heterocycles. The fourth-order valence-corrected chi connectivity index (χ4v) is 3.69. The number of rotatable bonds is 4. The molecule has 2 aromatic rings. The lowest BCUT2D eigenvalue weighted by Crippen LogP contribution is -2.18. The highest BCUT2D eigenvalue weighted by Gasteiger charge is 2.23. The van der Waals surface area contributed by atoms with Crippen molar-refractivity contribution in [3.05, 3.63) is 43.2 Å². The summed E-state index contributed by atoms with van der Waals surface area (Å²) in [6.07, 6.45) is -0.522. The number of aliphatic hydroxyl groups is 1. The zero-order valence-electron chi connectivity index (χ0n) is 8.47. The van der Waals surface area contributed by atoms with E-state index in [1.165, 1.54) is 0 Å². The molecule has 0 amide bonds. The van der Waals surface area contributed by atoms with E-state index in [-0.39, 0.29) is 5.92 Å². The fourth-order valence-electron chi connectivity index (χ4n) is 1.61. The van der Waals surface area contributed by atoms with Gasteiger partial charge in [0.2, 0.25) is 0 Å². The Balaban J connectivity index is 2.22. The summed E-state index contributed by atoms with van der Waals surface area (Å²) in [7, 11) is 0. The summed E-state index contributed by atoms with van der Waals surface area (Å²) < 4.78 is 1.03. The Hall–Kier alpha value is -0.200. The lowest BCUT2D eigenvalue weighted by Gasteiger charge is -2.19. The summed E-state index contributed by atoms with van der Waals surface area (Å²) >= 11 is 6.61. The summed E-state index contributed by atoms with van der Waals surface area (Å²) in [5.41, 5.74) is 6.68. The van der Waals surface area contributed by atoms with Crippen LogP contribution in [0.2, 0.25) is 0 Å². The third kappa shape index (κ3) is 2.55. The van der Waals surface area contributed by atoms with Crippen LogP contribution in [0, 0.1) is 0 Å². The Morgan fingerprint density at radius 2 is 2.25 bits per heavy atom. The Morgan fingerprint density at radius 1 is 1.44 bits per heavy atom. The Morgan fingerprint density at radius 3 is 2.75 bits per heavy atom. The highest BCUT2D eigenvalue weighted by Crippen LogP contribution is 2.35. The number of halogens is 1. The minimum atomic E-state index is -0.522. The Bertz CT molecular complexity index is 441. The lowest BCUT2D eigenvalue weighted by atomic mass is 9.96. The van der Waals surface area contributed by atoms with Crippen LogP contribution in [-0.4, -0.2) is 11.7 Å². The van der Waals surface area contributed by atoms with Crippen LogP contribution >= 0.6 is 38.6 Å². The zero-order chi connectivity index (χ0) is 11.5. The van der Waals surface area contributed by atoms with Gasteiger partial charge in [-0.05, 0) is 44.4 Å². The van der Waals surface area contributed by atoms with Crippen molar-refractivity contribution < 1.29 is 5.11 Å². The summed E-state index contributed by atoms with van der Waals surface area (Å²) in [6, 6.07) is 5.96. The first-order valence-electron chi connectivity index (χ1n) is 4.88. The van der Waals surface area contributed by atoms with Gasteiger partial charge in [0.15, 0.2) is 0 Å². The molecule has 86 valence electrons. The Kier molecular flexibility index (Phi) is 4.16. The van der Waals surface area contributed by atoms with Crippen molar-refractivity contribution in [2.75, 3.05) is 6.54 Å². The topological polar surface area (TPSA) is 46.2 Å². The van der Waals surface area contributed by atoms with Gasteiger partial charge < -0.3 is 10.8 Å². The van der Waals surface area contributed by atoms with E-state index in [0.29, 0.717) is 6.54 Å². The molecule has 2 atom stereocenters. The van der Waals surface area contributed by atoms with Gasteiger partial charge in [0.25, 0.3) is 0 Å². The maximum Gasteiger partial charge on any atom is 0.0887 e. The molecule has 0 radical (unpaired) electrons. The molecule has 2 unspecified atom stereocenters. The summed E-state index contributed by atoms with van der Waals surface area (Å²) in [5, 5.41) is 14.2. The Labute approximate surface area is 111 Å². The highest BCUT2D eigenvalue weighted by molar-refractivity contribution is 9.11. The molecule has 0 aromatic carbocycles. The van der Waals surface area contributed by atoms with Crippen molar-refractivity contribution >= 4 is 38.6 Å². The SMILES string of the molecule is NCC(c1cccs1)C(O)c1csc(Br)c1. The first-order valence-corrected chi connectivity index (χ1v) is 7.43. The molecular weight excluding hydrogens is 306 g/mol. The second-order valence-corrected chi connectivity index (χ2v) is 6.76. The predicted molar refractivity (Wildman–Crippen MR) is 73.1 cm³/mol. The quantitative estimate of drug-likeness (QED) is 0.908. The van der Waals surface area contributed by atoms with Crippen molar-refractivity contribution in [1.82, 2.24) is 0 Å². The molecule has 2 rings (SSSR count). The maximum absolute atomic E-state index is 10.3. The second kappa shape index (κ2) is 5.42. The van der Waals surface area contributed by atoms with Crippen molar-refractivity contribution in [2.45, 2.75) is 12.0 Å². The van der Waals surface area contributed by atoms with Crippen molar-refractivity contribution in [1.29, 1.82) is 0 Å². The molecule has 2 nitrogen and oxygen atoms in total. The maximum atomic E-state index is 10.3. The van der Waals surface area contributed by atoms with Gasteiger partial charge in [0, 0.05) is 17.3 Å². The van der Waals surface area contributed by atoms with E-state index in [1.54, 1.807) is 22.7 Å². The molecule has 0 bridgehead atoms. The van der Waals surface area contributed by atoms with Crippen LogP contribution in [0.1, 0.15) is 22.5 Å². The predicted octanol–water partition coefficient (Wildman–Crippen LogP) is 3.35. The third-order valence-electron chi connectivity index (χ3n) is 2.47. The van der Waals surface area contributed by atoms with Crippen LogP contribution in [0.25, 0.3) is 0 Å². The van der Waals surface area contributed by atoms with E-state index in [1.807, 2.05) is 29.0 Å². The largest absolute Gasteiger partial charge is 0.388 e. The average molecular weight is 318 g/mol. The average Bonchev–Trinajstić information content (AvgIpc) is 2.90. The number of hydrogen-bond donors (Lipinski definition) is 2. The van der Waals surface area contributed by atoms with Crippen LogP contribution in [0.4, 0.5) is 0 Å². The molecule has 2 heterocycles. The monoisotopic (exact) mass is 317 g/mol. The first kappa shape index (κ1) is 12.3. The van der Waals surface area contributed by atoms with Crippen LogP contribution < -0.4 is 5.73 Å². The number of thiophene rings is 2. The minimum Gasteiger partial charge on any atom is -0.388 e. The van der Waals surface area contributed by atoms with Gasteiger partial charge in [-0.2, -0.15) is 0 Å². The van der Waals surface area contributed by atoms with Crippen LogP contribution in [0.3, 0.4) is 0 Å². The molecule has 0 saturated carbocycles. The number of aliphatic hydroxyl groups excluding tert-OH is 1. The fraction of sp³-hybridized carbons (Fsp3) is 0.273. The standard InChI is InChI=1S/C11H12BrNOS2/c12-10-4-7(6-16-10)11(14)8(5-13)9-2-1-3-15-9/h1-4,6,8,11,14H,5,13H2. The van der Waals surface area contributed by atoms with Crippen molar-refractivity contribution in [3.63, 3.8) is 0 Å². The zero-order valence-corrected chi connectivity index (χ0v) is 11.7. The van der Waals surface area contributed by atoms with Gasteiger partial charge in [0.05, 0.1) is 9.89 Å². The van der Waals surface area contributed by atoms with Gasteiger partial charge in [-0.15, -0.1) is 22.7 Å². The van der Waals surface area contributed by atoms with E-state index < -0.39 is 6.10 Å². The summed E-state index contributed by atoms with van der Waals surface area (Å²) in [5.74, 6) is -0.0125. The molecular formula is C11H12BrNOS2. The second-order valence-electron chi connectivity index (χ2n) is 3.49. The molecule has 16 heavy (non-hydrogen) atoms. The van der Waals surface area contributed by atoms with E-state index >= 15 is 0 Å². The van der Waals surface area contributed by atoms with Gasteiger partial charge in [-0.1, -0.05) is 6.07 Å². The molecule has 3 N–H and O–H groups in total. The molecule has 0 aliphatic heterocycles. The molecule has 2 aromatic heterocycles. The third-order valence-corrected chi connectivity index (χ3v) is 5.00. The van der Waals surface area contributed by atoms with Crippen molar-refractivity contribution in [3.8, 4) is 0 Å².